The Morgan fingerprint density at radius 3 is 2.69 bits per heavy atom. The highest BCUT2D eigenvalue weighted by Crippen LogP contribution is 2.33. The third kappa shape index (κ3) is 4.09. The molecule has 1 aliphatic heterocycles. The molecule has 0 aliphatic carbocycles. The number of aromatic nitrogens is 1. The topological polar surface area (TPSA) is 87.0 Å². The third-order valence-electron chi connectivity index (χ3n) is 4.79. The second kappa shape index (κ2) is 9.05. The number of para-hydroxylation sites is 1. The molecular formula is C23H20N2O5S2. The smallest absolute Gasteiger partial charge is 0.338 e. The molecule has 3 heterocycles. The molecular weight excluding hydrogens is 448 g/mol. The minimum absolute atomic E-state index is 0.226. The summed E-state index contributed by atoms with van der Waals surface area (Å²) in [5, 5.41) is 1.90. The molecule has 32 heavy (non-hydrogen) atoms. The molecule has 164 valence electrons. The number of hydrogen-bond acceptors (Lipinski definition) is 8. The summed E-state index contributed by atoms with van der Waals surface area (Å²) in [7, 11) is 0. The van der Waals surface area contributed by atoms with Crippen LogP contribution in [0, 0.1) is 0 Å². The van der Waals surface area contributed by atoms with Crippen LogP contribution in [0.3, 0.4) is 0 Å². The first-order chi connectivity index (χ1) is 15.4. The number of esters is 2. The van der Waals surface area contributed by atoms with E-state index in [1.807, 2.05) is 17.5 Å². The van der Waals surface area contributed by atoms with Crippen LogP contribution >= 0.6 is 22.7 Å². The number of ether oxygens (including phenoxy) is 2. The van der Waals surface area contributed by atoms with E-state index in [4.69, 9.17) is 9.47 Å². The van der Waals surface area contributed by atoms with E-state index in [1.54, 1.807) is 44.2 Å². The molecule has 1 aromatic carbocycles. The molecule has 1 unspecified atom stereocenters. The minimum atomic E-state index is -0.615. The second-order valence-electron chi connectivity index (χ2n) is 6.95. The summed E-state index contributed by atoms with van der Waals surface area (Å²) in [5.41, 5.74) is 1.20. The molecule has 3 aromatic rings. The first-order valence-corrected chi connectivity index (χ1v) is 11.6. The highest BCUT2D eigenvalue weighted by molar-refractivity contribution is 7.10. The third-order valence-corrected chi connectivity index (χ3v) is 6.70. The van der Waals surface area contributed by atoms with Crippen LogP contribution in [0.25, 0.3) is 6.08 Å². The number of carbonyl (C=O) groups is 2. The van der Waals surface area contributed by atoms with Crippen molar-refractivity contribution in [3.63, 3.8) is 0 Å². The fourth-order valence-electron chi connectivity index (χ4n) is 3.50. The number of allylic oxidation sites excluding steroid dienone is 1. The molecule has 0 amide bonds. The number of thiophene rings is 1. The summed E-state index contributed by atoms with van der Waals surface area (Å²) in [6.45, 7) is 5.04. The number of rotatable bonds is 5. The van der Waals surface area contributed by atoms with Crippen molar-refractivity contribution in [1.29, 1.82) is 0 Å². The maximum absolute atomic E-state index is 13.5. The number of thiazole rings is 1. The van der Waals surface area contributed by atoms with Crippen molar-refractivity contribution in [2.24, 2.45) is 4.99 Å². The maximum atomic E-state index is 13.5. The first-order valence-electron chi connectivity index (χ1n) is 9.91. The van der Waals surface area contributed by atoms with Crippen molar-refractivity contribution in [3.05, 3.63) is 83.2 Å². The lowest BCUT2D eigenvalue weighted by Gasteiger charge is -2.23. The Balaban J connectivity index is 1.92. The molecule has 0 saturated carbocycles. The van der Waals surface area contributed by atoms with Gasteiger partial charge in [0.15, 0.2) is 4.80 Å². The summed E-state index contributed by atoms with van der Waals surface area (Å²) < 4.78 is 12.5. The zero-order valence-corrected chi connectivity index (χ0v) is 19.3. The number of carbonyl (C=O) groups excluding carboxylic acids is 2. The van der Waals surface area contributed by atoms with E-state index in [9.17, 15) is 14.4 Å². The van der Waals surface area contributed by atoms with Crippen LogP contribution in [0.2, 0.25) is 0 Å². The van der Waals surface area contributed by atoms with Crippen molar-refractivity contribution in [2.75, 3.05) is 6.61 Å². The normalized spacial score (nSPS) is 15.8. The molecule has 0 bridgehead atoms. The van der Waals surface area contributed by atoms with Gasteiger partial charge in [0, 0.05) is 17.4 Å². The highest BCUT2D eigenvalue weighted by Gasteiger charge is 2.33. The molecule has 0 spiro atoms. The molecule has 0 saturated heterocycles. The quantitative estimate of drug-likeness (QED) is 0.425. The van der Waals surface area contributed by atoms with Gasteiger partial charge in [0.1, 0.15) is 11.8 Å². The van der Waals surface area contributed by atoms with Gasteiger partial charge in [0.25, 0.3) is 5.56 Å². The molecule has 0 fully saturated rings. The maximum Gasteiger partial charge on any atom is 0.338 e. The first kappa shape index (κ1) is 21.9. The second-order valence-corrected chi connectivity index (χ2v) is 8.94. The summed E-state index contributed by atoms with van der Waals surface area (Å²) >= 11 is 2.68. The van der Waals surface area contributed by atoms with Crippen LogP contribution in [-0.2, 0) is 14.3 Å². The standard InChI is InChI=1S/C23H20N2O5S2/c1-4-29-22(28)19-13(2)24-23-25(20(19)17-10-7-11-31-17)21(27)18(32-23)12-15-8-5-6-9-16(15)30-14(3)26/h5-12,20H,4H2,1-3H3/b18-12-. The Bertz CT molecular complexity index is 1400. The summed E-state index contributed by atoms with van der Waals surface area (Å²) in [5.74, 6) is -0.564. The van der Waals surface area contributed by atoms with Gasteiger partial charge < -0.3 is 9.47 Å². The van der Waals surface area contributed by atoms with E-state index in [0.29, 0.717) is 31.9 Å². The molecule has 1 atom stereocenters. The fraction of sp³-hybridized carbons (Fsp3) is 0.217. The van der Waals surface area contributed by atoms with E-state index in [1.165, 1.54) is 34.2 Å². The van der Waals surface area contributed by atoms with Crippen LogP contribution in [0.4, 0.5) is 0 Å². The van der Waals surface area contributed by atoms with E-state index >= 15 is 0 Å². The van der Waals surface area contributed by atoms with Gasteiger partial charge in [-0.15, -0.1) is 11.3 Å². The van der Waals surface area contributed by atoms with Gasteiger partial charge in [0.2, 0.25) is 0 Å². The van der Waals surface area contributed by atoms with E-state index in [2.05, 4.69) is 4.99 Å². The Morgan fingerprint density at radius 1 is 1.22 bits per heavy atom. The van der Waals surface area contributed by atoms with Gasteiger partial charge in [-0.2, -0.15) is 0 Å². The lowest BCUT2D eigenvalue weighted by atomic mass is 10.0. The molecule has 9 heteroatoms. The van der Waals surface area contributed by atoms with Crippen LogP contribution in [0.5, 0.6) is 5.75 Å². The molecule has 0 radical (unpaired) electrons. The number of fused-ring (bicyclic) bond motifs is 1. The average molecular weight is 469 g/mol. The Hall–Kier alpha value is -3.30. The van der Waals surface area contributed by atoms with Gasteiger partial charge >= 0.3 is 11.9 Å². The lowest BCUT2D eigenvalue weighted by Crippen LogP contribution is -2.39. The number of hydrogen-bond donors (Lipinski definition) is 0. The van der Waals surface area contributed by atoms with E-state index in [-0.39, 0.29) is 12.2 Å². The van der Waals surface area contributed by atoms with Gasteiger partial charge in [-0.25, -0.2) is 9.79 Å². The predicted molar refractivity (Wildman–Crippen MR) is 122 cm³/mol. The number of benzene rings is 1. The molecule has 0 N–H and O–H groups in total. The molecule has 1 aliphatic rings. The molecule has 7 nitrogen and oxygen atoms in total. The van der Waals surface area contributed by atoms with Crippen molar-refractivity contribution in [3.8, 4) is 5.75 Å². The molecule has 4 rings (SSSR count). The van der Waals surface area contributed by atoms with Gasteiger partial charge in [-0.1, -0.05) is 35.6 Å². The SMILES string of the molecule is CCOC(=O)C1=C(C)N=c2s/c(=C\c3ccccc3OC(C)=O)c(=O)n2C1c1cccs1. The lowest BCUT2D eigenvalue weighted by molar-refractivity contribution is -0.139. The fourth-order valence-corrected chi connectivity index (χ4v) is 5.36. The van der Waals surface area contributed by atoms with Gasteiger partial charge in [-0.3, -0.25) is 14.2 Å². The van der Waals surface area contributed by atoms with Gasteiger partial charge in [-0.05, 0) is 37.4 Å². The Kier molecular flexibility index (Phi) is 6.20. The monoisotopic (exact) mass is 468 g/mol. The predicted octanol–water partition coefficient (Wildman–Crippen LogP) is 2.79. The largest absolute Gasteiger partial charge is 0.463 e. The van der Waals surface area contributed by atoms with Gasteiger partial charge in [0.05, 0.1) is 22.4 Å². The minimum Gasteiger partial charge on any atom is -0.463 e. The Morgan fingerprint density at radius 2 is 2.00 bits per heavy atom. The van der Waals surface area contributed by atoms with E-state index < -0.39 is 18.0 Å². The van der Waals surface area contributed by atoms with Crippen LogP contribution < -0.4 is 19.6 Å². The van der Waals surface area contributed by atoms with E-state index in [0.717, 1.165) is 4.88 Å². The zero-order valence-electron chi connectivity index (χ0n) is 17.7. The number of nitrogens with zero attached hydrogens (tertiary/aromatic N) is 2. The van der Waals surface area contributed by atoms with Crippen LogP contribution in [-0.4, -0.2) is 23.1 Å². The summed E-state index contributed by atoms with van der Waals surface area (Å²) in [6, 6.07) is 10.1. The van der Waals surface area contributed by atoms with Crippen molar-refractivity contribution < 1.29 is 19.1 Å². The van der Waals surface area contributed by atoms with Crippen molar-refractivity contribution in [2.45, 2.75) is 26.8 Å². The zero-order chi connectivity index (χ0) is 22.8. The van der Waals surface area contributed by atoms with Crippen LogP contribution in [0.1, 0.15) is 37.3 Å². The summed E-state index contributed by atoms with van der Waals surface area (Å²) in [4.78, 5) is 43.6. The Labute approximate surface area is 191 Å². The average Bonchev–Trinajstić information content (AvgIpc) is 3.37. The molecule has 2 aromatic heterocycles. The van der Waals surface area contributed by atoms with Crippen LogP contribution in [0.15, 0.2) is 62.8 Å². The summed E-state index contributed by atoms with van der Waals surface area (Å²) in [6.07, 6.45) is 1.68. The van der Waals surface area contributed by atoms with Crippen molar-refractivity contribution in [1.82, 2.24) is 4.57 Å². The highest BCUT2D eigenvalue weighted by atomic mass is 32.1. The van der Waals surface area contributed by atoms with Crippen molar-refractivity contribution >= 4 is 40.7 Å².